The molecule has 2 aromatic heterocycles. The second-order valence-corrected chi connectivity index (χ2v) is 12.8. The van der Waals surface area contributed by atoms with E-state index in [9.17, 15) is 9.59 Å². The molecule has 44 heavy (non-hydrogen) atoms. The van der Waals surface area contributed by atoms with Crippen molar-refractivity contribution in [2.45, 2.75) is 80.1 Å². The van der Waals surface area contributed by atoms with Crippen LogP contribution in [-0.4, -0.2) is 45.4 Å². The van der Waals surface area contributed by atoms with E-state index in [-0.39, 0.29) is 11.9 Å². The fourth-order valence-corrected chi connectivity index (χ4v) is 6.51. The predicted octanol–water partition coefficient (Wildman–Crippen LogP) is 7.92. The van der Waals surface area contributed by atoms with Crippen molar-refractivity contribution in [1.29, 1.82) is 0 Å². The normalized spacial score (nSPS) is 16.9. The summed E-state index contributed by atoms with van der Waals surface area (Å²) in [5.41, 5.74) is 14.8. The van der Waals surface area contributed by atoms with Crippen molar-refractivity contribution in [3.05, 3.63) is 78.7 Å². The summed E-state index contributed by atoms with van der Waals surface area (Å²) in [7, 11) is 2.84. The van der Waals surface area contributed by atoms with Crippen LogP contribution in [0.25, 0.3) is 12.2 Å². The van der Waals surface area contributed by atoms with Gasteiger partial charge in [0.15, 0.2) is 0 Å². The first-order valence-corrected chi connectivity index (χ1v) is 16.3. The second kappa shape index (κ2) is 14.2. The molecule has 0 saturated carbocycles. The number of hydrogen-bond donors (Lipinski definition) is 2. The summed E-state index contributed by atoms with van der Waals surface area (Å²) in [6.07, 6.45) is 7.32. The molecule has 0 spiro atoms. The number of allylic oxidation sites excluding steroid dienone is 4. The van der Waals surface area contributed by atoms with Gasteiger partial charge in [-0.25, -0.2) is 9.98 Å². The van der Waals surface area contributed by atoms with E-state index < -0.39 is 0 Å². The maximum atomic E-state index is 12.1. The molecule has 0 saturated heterocycles. The molecule has 4 rings (SSSR count). The van der Waals surface area contributed by atoms with Gasteiger partial charge in [-0.15, -0.1) is 0 Å². The quantitative estimate of drug-likeness (QED) is 0.229. The minimum absolute atomic E-state index is 0.237. The first kappa shape index (κ1) is 33.6. The summed E-state index contributed by atoms with van der Waals surface area (Å²) < 4.78 is 11.6. The van der Waals surface area contributed by atoms with Crippen molar-refractivity contribution in [3.63, 3.8) is 0 Å². The summed E-state index contributed by atoms with van der Waals surface area (Å²) in [5.74, 6) is -0.475. The lowest BCUT2D eigenvalue weighted by Crippen LogP contribution is -2.06. The Kier molecular flexibility index (Phi) is 10.9. The zero-order valence-corrected chi connectivity index (χ0v) is 29.9. The average molecular weight is 729 g/mol. The van der Waals surface area contributed by atoms with Crippen molar-refractivity contribution in [1.82, 2.24) is 9.97 Å². The largest absolute Gasteiger partial charge is 0.469 e. The van der Waals surface area contributed by atoms with Gasteiger partial charge < -0.3 is 19.4 Å². The van der Waals surface area contributed by atoms with Crippen molar-refractivity contribution in [2.75, 3.05) is 14.2 Å². The molecule has 0 aliphatic carbocycles. The molecule has 2 aliphatic heterocycles. The van der Waals surface area contributed by atoms with Crippen molar-refractivity contribution < 1.29 is 19.1 Å². The Morgan fingerprint density at radius 1 is 0.636 bits per heavy atom. The Morgan fingerprint density at radius 2 is 1.00 bits per heavy atom. The molecular weight excluding hydrogens is 688 g/mol. The van der Waals surface area contributed by atoms with Crippen LogP contribution in [0.3, 0.4) is 0 Å². The van der Waals surface area contributed by atoms with Gasteiger partial charge in [-0.3, -0.25) is 9.59 Å². The Hall–Kier alpha value is -3.24. The van der Waals surface area contributed by atoms with Crippen LogP contribution in [0.15, 0.2) is 43.7 Å². The third kappa shape index (κ3) is 7.18. The fourth-order valence-electron chi connectivity index (χ4n) is 5.54. The Labute approximate surface area is 276 Å². The molecular formula is C34H40Br2N4O4. The molecule has 234 valence electrons. The number of esters is 2. The number of rotatable bonds is 11. The van der Waals surface area contributed by atoms with E-state index in [1.165, 1.54) is 14.2 Å². The molecule has 2 aromatic rings. The molecule has 0 atom stereocenters. The molecule has 4 heterocycles. The fraction of sp³-hybridized carbons (Fsp3) is 0.412. The molecule has 8 nitrogen and oxygen atoms in total. The monoisotopic (exact) mass is 726 g/mol. The van der Waals surface area contributed by atoms with Crippen molar-refractivity contribution in [2.24, 2.45) is 9.98 Å². The lowest BCUT2D eigenvalue weighted by Gasteiger charge is -2.08. The standard InChI is InChI=1S/C34H40Br2N4O4/c1-17-19(3)33(35)39-27(17)15-29-21(5)23(9-13-31(41)43-7)25(37-29)11-12-26-24(10-14-32(42)44-8)22(6)30(38-26)16-28-18(2)20(4)34(36)40-28/h15-16,37-38H,9-14H2,1-8H3/b27-15-,28-16-. The van der Waals surface area contributed by atoms with Gasteiger partial charge >= 0.3 is 11.9 Å². The van der Waals surface area contributed by atoms with Gasteiger partial charge in [0.1, 0.15) is 9.24 Å². The molecule has 0 radical (unpaired) electrons. The molecule has 0 aromatic carbocycles. The molecule has 2 aliphatic rings. The molecule has 10 heteroatoms. The van der Waals surface area contributed by atoms with Crippen LogP contribution in [0.4, 0.5) is 0 Å². The molecule has 0 unspecified atom stereocenters. The van der Waals surface area contributed by atoms with E-state index in [0.29, 0.717) is 38.5 Å². The van der Waals surface area contributed by atoms with E-state index >= 15 is 0 Å². The van der Waals surface area contributed by atoms with Crippen LogP contribution in [-0.2, 0) is 44.7 Å². The first-order valence-electron chi connectivity index (χ1n) is 14.7. The highest BCUT2D eigenvalue weighted by molar-refractivity contribution is 9.18. The number of aryl methyl sites for hydroxylation is 2. The highest BCUT2D eigenvalue weighted by atomic mass is 79.9. The first-order chi connectivity index (χ1) is 20.9. The summed E-state index contributed by atoms with van der Waals surface area (Å²) in [5, 5.41) is 0. The number of aromatic amines is 2. The van der Waals surface area contributed by atoms with Gasteiger partial charge in [0, 0.05) is 35.6 Å². The van der Waals surface area contributed by atoms with Gasteiger partial charge in [-0.05, 0) is 156 Å². The molecule has 0 bridgehead atoms. The number of aliphatic imine (C=N–C) groups is 2. The lowest BCUT2D eigenvalue weighted by molar-refractivity contribution is -0.141. The highest BCUT2D eigenvalue weighted by Gasteiger charge is 2.22. The van der Waals surface area contributed by atoms with Crippen LogP contribution < -0.4 is 0 Å². The van der Waals surface area contributed by atoms with Crippen LogP contribution in [0.5, 0.6) is 0 Å². The minimum atomic E-state index is -0.237. The van der Waals surface area contributed by atoms with Gasteiger partial charge in [-0.2, -0.15) is 0 Å². The van der Waals surface area contributed by atoms with Crippen LogP contribution in [0.1, 0.15) is 85.6 Å². The predicted molar refractivity (Wildman–Crippen MR) is 185 cm³/mol. The number of methoxy groups -OCH3 is 2. The third-order valence-corrected chi connectivity index (χ3v) is 10.3. The van der Waals surface area contributed by atoms with E-state index in [1.54, 1.807) is 0 Å². The summed E-state index contributed by atoms with van der Waals surface area (Å²) in [4.78, 5) is 40.9. The van der Waals surface area contributed by atoms with E-state index in [1.807, 2.05) is 0 Å². The number of carbonyl (C=O) groups excluding carboxylic acids is 2. The molecule has 0 fully saturated rings. The number of hydrogen-bond acceptors (Lipinski definition) is 6. The smallest absolute Gasteiger partial charge is 0.305 e. The zero-order chi connectivity index (χ0) is 32.3. The van der Waals surface area contributed by atoms with Crippen molar-refractivity contribution in [3.8, 4) is 0 Å². The SMILES string of the molecule is COC(=O)CCc1c(CCc2[nH]c(/C=C3\N=C(Br)C(C)=C3C)c(C)c2CCC(=O)OC)[nH]c(/C=C2\N=C(Br)C(C)=C2C)c1C. The maximum Gasteiger partial charge on any atom is 0.305 e. The number of nitrogens with zero attached hydrogens (tertiary/aromatic N) is 2. The van der Waals surface area contributed by atoms with E-state index in [4.69, 9.17) is 19.5 Å². The van der Waals surface area contributed by atoms with Crippen LogP contribution >= 0.6 is 31.9 Å². The van der Waals surface area contributed by atoms with E-state index in [2.05, 4.69) is 95.5 Å². The van der Waals surface area contributed by atoms with Gasteiger partial charge in [0.25, 0.3) is 0 Å². The highest BCUT2D eigenvalue weighted by Crippen LogP contribution is 2.33. The van der Waals surface area contributed by atoms with E-state index in [0.717, 1.165) is 88.0 Å². The maximum absolute atomic E-state index is 12.1. The molecule has 0 amide bonds. The summed E-state index contributed by atoms with van der Waals surface area (Å²) >= 11 is 7.11. The average Bonchev–Trinajstić information content (AvgIpc) is 3.64. The molecule has 2 N–H and O–H groups in total. The van der Waals surface area contributed by atoms with Gasteiger partial charge in [0.2, 0.25) is 0 Å². The number of ether oxygens (including phenoxy) is 2. The number of aromatic nitrogens is 2. The second-order valence-electron chi connectivity index (χ2n) is 11.3. The van der Waals surface area contributed by atoms with Crippen LogP contribution in [0.2, 0.25) is 0 Å². The Balaban J connectivity index is 1.70. The van der Waals surface area contributed by atoms with Crippen molar-refractivity contribution >= 4 is 65.2 Å². The van der Waals surface area contributed by atoms with Gasteiger partial charge in [0.05, 0.1) is 25.6 Å². The van der Waals surface area contributed by atoms with Crippen LogP contribution in [0, 0.1) is 13.8 Å². The Bertz CT molecular complexity index is 1570. The number of nitrogens with one attached hydrogen (secondary N) is 2. The lowest BCUT2D eigenvalue weighted by atomic mass is 9.98. The number of halogens is 2. The number of H-pyrrole nitrogens is 2. The third-order valence-electron chi connectivity index (χ3n) is 8.76. The zero-order valence-electron chi connectivity index (χ0n) is 26.7. The summed E-state index contributed by atoms with van der Waals surface area (Å²) in [6, 6.07) is 0. The number of carbonyl (C=O) groups is 2. The van der Waals surface area contributed by atoms with Gasteiger partial charge in [-0.1, -0.05) is 0 Å². The topological polar surface area (TPSA) is 109 Å². The Morgan fingerprint density at radius 3 is 1.30 bits per heavy atom. The summed E-state index contributed by atoms with van der Waals surface area (Å²) in [6.45, 7) is 12.4. The minimum Gasteiger partial charge on any atom is -0.469 e.